The lowest BCUT2D eigenvalue weighted by atomic mass is 10.1. The van der Waals surface area contributed by atoms with E-state index in [-0.39, 0.29) is 17.0 Å². The number of thioether (sulfide) groups is 1. The highest BCUT2D eigenvalue weighted by molar-refractivity contribution is 8.15. The van der Waals surface area contributed by atoms with Crippen molar-refractivity contribution in [3.8, 4) is 12.3 Å². The summed E-state index contributed by atoms with van der Waals surface area (Å²) in [6.07, 6.45) is 6.41. The average molecular weight is 261 g/mol. The lowest BCUT2D eigenvalue weighted by molar-refractivity contribution is -0.116. The molecule has 0 atom stereocenters. The SMILES string of the molecule is C#Cc1cccc(C=NN=C2NC(=O)CS2)c1F. The summed E-state index contributed by atoms with van der Waals surface area (Å²) in [4.78, 5) is 10.9. The normalized spacial score (nSPS) is 17.1. The van der Waals surface area contributed by atoms with Gasteiger partial charge in [0.15, 0.2) is 5.17 Å². The second kappa shape index (κ2) is 5.47. The first-order valence-electron chi connectivity index (χ1n) is 4.99. The lowest BCUT2D eigenvalue weighted by Gasteiger charge is -1.97. The van der Waals surface area contributed by atoms with E-state index in [0.717, 1.165) is 0 Å². The number of nitrogens with zero attached hydrogens (tertiary/aromatic N) is 2. The van der Waals surface area contributed by atoms with Crippen molar-refractivity contribution in [1.29, 1.82) is 0 Å². The molecule has 1 aliphatic heterocycles. The van der Waals surface area contributed by atoms with E-state index < -0.39 is 5.82 Å². The van der Waals surface area contributed by atoms with Crippen molar-refractivity contribution in [2.24, 2.45) is 10.2 Å². The molecule has 1 fully saturated rings. The van der Waals surface area contributed by atoms with Gasteiger partial charge >= 0.3 is 0 Å². The molecule has 90 valence electrons. The highest BCUT2D eigenvalue weighted by atomic mass is 32.2. The largest absolute Gasteiger partial charge is 0.303 e. The van der Waals surface area contributed by atoms with Gasteiger partial charge in [0.1, 0.15) is 5.82 Å². The number of rotatable bonds is 2. The van der Waals surface area contributed by atoms with Gasteiger partial charge in [0, 0.05) is 5.56 Å². The molecule has 4 nitrogen and oxygen atoms in total. The quantitative estimate of drug-likeness (QED) is 0.496. The second-order valence-corrected chi connectivity index (χ2v) is 4.30. The number of carbonyl (C=O) groups excluding carboxylic acids is 1. The maximum absolute atomic E-state index is 13.7. The molecule has 1 aliphatic rings. The molecule has 2 rings (SSSR count). The van der Waals surface area contributed by atoms with Crippen LogP contribution in [0.2, 0.25) is 0 Å². The minimum Gasteiger partial charge on any atom is -0.303 e. The zero-order chi connectivity index (χ0) is 13.0. The van der Waals surface area contributed by atoms with Crippen LogP contribution in [0.1, 0.15) is 11.1 Å². The third-order valence-electron chi connectivity index (χ3n) is 2.12. The number of hydrogen-bond acceptors (Lipinski definition) is 4. The summed E-state index contributed by atoms with van der Waals surface area (Å²) in [5, 5.41) is 10.4. The molecule has 1 heterocycles. The summed E-state index contributed by atoms with van der Waals surface area (Å²) in [5.74, 6) is 1.94. The van der Waals surface area contributed by atoms with Crippen LogP contribution in [0.25, 0.3) is 0 Å². The van der Waals surface area contributed by atoms with Crippen LogP contribution in [0.3, 0.4) is 0 Å². The number of amidine groups is 1. The zero-order valence-electron chi connectivity index (χ0n) is 9.18. The van der Waals surface area contributed by atoms with Crippen LogP contribution in [-0.4, -0.2) is 23.0 Å². The minimum absolute atomic E-state index is 0.116. The zero-order valence-corrected chi connectivity index (χ0v) is 10.00. The molecule has 0 saturated carbocycles. The van der Waals surface area contributed by atoms with Gasteiger partial charge in [0.2, 0.25) is 5.91 Å². The van der Waals surface area contributed by atoms with E-state index in [4.69, 9.17) is 6.42 Å². The Labute approximate surface area is 107 Å². The van der Waals surface area contributed by atoms with Crippen molar-refractivity contribution in [2.75, 3.05) is 5.75 Å². The van der Waals surface area contributed by atoms with Gasteiger partial charge in [-0.05, 0) is 6.07 Å². The molecule has 0 aromatic heterocycles. The van der Waals surface area contributed by atoms with Gasteiger partial charge in [-0.2, -0.15) is 5.10 Å². The number of benzene rings is 1. The first kappa shape index (κ1) is 12.3. The molecule has 1 aromatic carbocycles. The predicted octanol–water partition coefficient (Wildman–Crippen LogP) is 1.36. The van der Waals surface area contributed by atoms with E-state index in [9.17, 15) is 9.18 Å². The monoisotopic (exact) mass is 261 g/mol. The fraction of sp³-hybridized carbons (Fsp3) is 0.0833. The Morgan fingerprint density at radius 3 is 3.06 bits per heavy atom. The first-order chi connectivity index (χ1) is 8.70. The van der Waals surface area contributed by atoms with Gasteiger partial charge in [-0.15, -0.1) is 11.5 Å². The van der Waals surface area contributed by atoms with Crippen molar-refractivity contribution in [2.45, 2.75) is 0 Å². The van der Waals surface area contributed by atoms with Gasteiger partial charge in [0.25, 0.3) is 0 Å². The van der Waals surface area contributed by atoms with Gasteiger partial charge in [-0.1, -0.05) is 29.8 Å². The topological polar surface area (TPSA) is 53.8 Å². The van der Waals surface area contributed by atoms with Crippen LogP contribution in [0, 0.1) is 18.2 Å². The summed E-state index contributed by atoms with van der Waals surface area (Å²) in [5.41, 5.74) is 0.430. The van der Waals surface area contributed by atoms with E-state index in [2.05, 4.69) is 21.4 Å². The summed E-state index contributed by atoms with van der Waals surface area (Å²) in [6, 6.07) is 4.69. The van der Waals surface area contributed by atoms with Crippen molar-refractivity contribution in [1.82, 2.24) is 5.32 Å². The average Bonchev–Trinajstić information content (AvgIpc) is 2.77. The standard InChI is InChI=1S/C12H8FN3OS/c1-2-8-4-3-5-9(11(8)13)6-14-16-12-15-10(17)7-18-12/h1,3-6H,7H2,(H,15,16,17). The minimum atomic E-state index is -0.507. The van der Waals surface area contributed by atoms with Crippen LogP contribution in [0.15, 0.2) is 28.4 Å². The number of nitrogens with one attached hydrogen (secondary N) is 1. The lowest BCUT2D eigenvalue weighted by Crippen LogP contribution is -2.19. The van der Waals surface area contributed by atoms with E-state index in [0.29, 0.717) is 10.9 Å². The van der Waals surface area contributed by atoms with E-state index in [1.54, 1.807) is 12.1 Å². The Hall–Kier alpha value is -2.13. The molecule has 1 N–H and O–H groups in total. The maximum atomic E-state index is 13.7. The van der Waals surface area contributed by atoms with Crippen molar-refractivity contribution in [3.05, 3.63) is 35.1 Å². The van der Waals surface area contributed by atoms with Crippen LogP contribution in [0.5, 0.6) is 0 Å². The Morgan fingerprint density at radius 2 is 2.39 bits per heavy atom. The van der Waals surface area contributed by atoms with Gasteiger partial charge < -0.3 is 5.32 Å². The highest BCUT2D eigenvalue weighted by Gasteiger charge is 2.15. The number of hydrogen-bond donors (Lipinski definition) is 1. The summed E-state index contributed by atoms with van der Waals surface area (Å²) >= 11 is 1.25. The van der Waals surface area contributed by atoms with Gasteiger partial charge in [0.05, 0.1) is 17.5 Å². The van der Waals surface area contributed by atoms with Gasteiger partial charge in [-0.3, -0.25) is 4.79 Å². The van der Waals surface area contributed by atoms with E-state index in [1.807, 2.05) is 0 Å². The number of carbonyl (C=O) groups is 1. The van der Waals surface area contributed by atoms with Crippen LogP contribution >= 0.6 is 11.8 Å². The fourth-order valence-corrected chi connectivity index (χ4v) is 1.91. The summed E-state index contributed by atoms with van der Waals surface area (Å²) < 4.78 is 13.7. The second-order valence-electron chi connectivity index (χ2n) is 3.34. The fourth-order valence-electron chi connectivity index (χ4n) is 1.28. The van der Waals surface area contributed by atoms with Crippen LogP contribution in [-0.2, 0) is 4.79 Å². The van der Waals surface area contributed by atoms with E-state index >= 15 is 0 Å². The number of halogens is 1. The molecule has 1 aromatic rings. The molecule has 0 unspecified atom stereocenters. The Kier molecular flexibility index (Phi) is 3.75. The van der Waals surface area contributed by atoms with Gasteiger partial charge in [-0.25, -0.2) is 4.39 Å². The third-order valence-corrected chi connectivity index (χ3v) is 2.98. The Balaban J connectivity index is 2.15. The molecule has 0 radical (unpaired) electrons. The molecule has 0 spiro atoms. The molecular formula is C12H8FN3OS. The number of terminal acetylenes is 1. The Morgan fingerprint density at radius 1 is 1.56 bits per heavy atom. The molecule has 1 saturated heterocycles. The Bertz CT molecular complexity index is 589. The molecule has 0 aliphatic carbocycles. The highest BCUT2D eigenvalue weighted by Crippen LogP contribution is 2.11. The third kappa shape index (κ3) is 2.76. The van der Waals surface area contributed by atoms with Crippen LogP contribution < -0.4 is 5.32 Å². The molecule has 0 bridgehead atoms. The van der Waals surface area contributed by atoms with Crippen molar-refractivity contribution >= 4 is 29.1 Å². The van der Waals surface area contributed by atoms with E-state index in [1.165, 1.54) is 24.0 Å². The molecular weight excluding hydrogens is 253 g/mol. The number of amides is 1. The van der Waals surface area contributed by atoms with Crippen LogP contribution in [0.4, 0.5) is 4.39 Å². The summed E-state index contributed by atoms with van der Waals surface area (Å²) in [7, 11) is 0. The molecule has 18 heavy (non-hydrogen) atoms. The smallest absolute Gasteiger partial charge is 0.236 e. The maximum Gasteiger partial charge on any atom is 0.236 e. The predicted molar refractivity (Wildman–Crippen MR) is 70.0 cm³/mol. The van der Waals surface area contributed by atoms with Crippen molar-refractivity contribution < 1.29 is 9.18 Å². The molecule has 1 amide bonds. The van der Waals surface area contributed by atoms with Crippen molar-refractivity contribution in [3.63, 3.8) is 0 Å². The summed E-state index contributed by atoms with van der Waals surface area (Å²) in [6.45, 7) is 0. The molecule has 6 heteroatoms. The first-order valence-corrected chi connectivity index (χ1v) is 5.98.